The van der Waals surface area contributed by atoms with Crippen molar-refractivity contribution in [3.8, 4) is 0 Å². The van der Waals surface area contributed by atoms with Crippen LogP contribution in [0.4, 0.5) is 0 Å². The number of carbonyl (C=O) groups excluding carboxylic acids is 4. The van der Waals surface area contributed by atoms with Gasteiger partial charge in [0.1, 0.15) is 0 Å². The third-order valence-corrected chi connectivity index (χ3v) is 5.46. The molecule has 46 heavy (non-hydrogen) atoms. The molecule has 0 aliphatic carbocycles. The molecule has 16 nitrogen and oxygen atoms in total. The Balaban J connectivity index is -0.000000128. The first-order valence-electron chi connectivity index (χ1n) is 14.9. The first-order valence-corrected chi connectivity index (χ1v) is 14.9. The largest absolute Gasteiger partial charge is 2.00 e. The van der Waals surface area contributed by atoms with E-state index in [1.807, 2.05) is 0 Å². The Bertz CT molecular complexity index is 556. The van der Waals surface area contributed by atoms with Crippen LogP contribution >= 0.6 is 0 Å². The number of rotatable bonds is 3. The summed E-state index contributed by atoms with van der Waals surface area (Å²) in [4.78, 5) is 40.9. The fourth-order valence-corrected chi connectivity index (χ4v) is 3.84. The molecule has 0 aromatic heterocycles. The predicted octanol–water partition coefficient (Wildman–Crippen LogP) is -6.51. The van der Waals surface area contributed by atoms with Crippen molar-refractivity contribution in [2.45, 2.75) is 66.2 Å². The van der Waals surface area contributed by atoms with Crippen LogP contribution in [0.1, 0.15) is 66.2 Å². The van der Waals surface area contributed by atoms with Crippen molar-refractivity contribution in [3.63, 3.8) is 0 Å². The number of hydrogen-bond acceptors (Lipinski definition) is 14. The second-order valence-electron chi connectivity index (χ2n) is 9.77. The normalized spacial score (nSPS) is 16.5. The van der Waals surface area contributed by atoms with Crippen molar-refractivity contribution in [3.05, 3.63) is 0 Å². The monoisotopic (exact) mass is 758 g/mol. The van der Waals surface area contributed by atoms with Crippen LogP contribution in [-0.4, -0.2) is 125 Å². The van der Waals surface area contributed by atoms with Gasteiger partial charge in [-0.15, -0.1) is 0 Å². The van der Waals surface area contributed by atoms with Gasteiger partial charge in [0.2, 0.25) is 0 Å². The van der Waals surface area contributed by atoms with E-state index in [0.29, 0.717) is 0 Å². The Morgan fingerprint density at radius 3 is 0.761 bits per heavy atom. The van der Waals surface area contributed by atoms with E-state index in [-0.39, 0.29) is 43.9 Å². The Morgan fingerprint density at radius 1 is 0.435 bits per heavy atom. The molecule has 2 saturated heterocycles. The minimum absolute atomic E-state index is 0. The van der Waals surface area contributed by atoms with Gasteiger partial charge in [0.15, 0.2) is 0 Å². The van der Waals surface area contributed by atoms with Gasteiger partial charge in [-0.1, -0.05) is 0 Å². The SMILES string of the molecule is C1CNCCCN(CCN2CCCNCCCNCCC2)CCCNC1.CC(=O)[O-].CC(=O)[O-].CC(=O)[O-].CC(=O)[O-].[Ni+2].[Ni+2].[OH3+].[OH3+]. The molecule has 0 spiro atoms. The maximum absolute atomic E-state index is 8.89. The number of nitrogens with zero attached hydrogens (tertiary/aromatic N) is 2. The number of carboxylic acid groups (broad SMARTS) is 4. The molecule has 0 unspecified atom stereocenters. The summed E-state index contributed by atoms with van der Waals surface area (Å²) in [5.41, 5.74) is 0. The molecular weight excluding hydrogens is 698 g/mol. The van der Waals surface area contributed by atoms with Gasteiger partial charge in [-0.05, 0) is 145 Å². The molecule has 2 aliphatic rings. The van der Waals surface area contributed by atoms with Crippen LogP contribution in [0.15, 0.2) is 0 Å². The van der Waals surface area contributed by atoms with Crippen LogP contribution in [0, 0.1) is 0 Å². The fraction of sp³-hybridized carbons (Fsp3) is 0.857. The van der Waals surface area contributed by atoms with Crippen LogP contribution in [-0.2, 0) is 63.1 Å². The van der Waals surface area contributed by atoms with Crippen LogP contribution < -0.4 is 41.7 Å². The van der Waals surface area contributed by atoms with E-state index in [4.69, 9.17) is 39.6 Å². The van der Waals surface area contributed by atoms with E-state index in [1.165, 1.54) is 77.8 Å². The topological polar surface area (TPSA) is 281 Å². The van der Waals surface area contributed by atoms with Crippen molar-refractivity contribution in [1.82, 2.24) is 31.1 Å². The van der Waals surface area contributed by atoms with E-state index in [1.54, 1.807) is 0 Å². The molecule has 18 heteroatoms. The van der Waals surface area contributed by atoms with Gasteiger partial charge >= 0.3 is 33.0 Å². The average molecular weight is 760 g/mol. The molecule has 0 saturated carbocycles. The quantitative estimate of drug-likeness (QED) is 0.154. The smallest absolute Gasteiger partial charge is 0.550 e. The molecule has 0 radical (unpaired) electrons. The number of aliphatic carboxylic acids is 4. The Labute approximate surface area is 295 Å². The summed E-state index contributed by atoms with van der Waals surface area (Å²) in [6, 6.07) is 0. The van der Waals surface area contributed by atoms with E-state index in [9.17, 15) is 0 Å². The maximum atomic E-state index is 8.89. The summed E-state index contributed by atoms with van der Waals surface area (Å²) in [5.74, 6) is -4.33. The van der Waals surface area contributed by atoms with Gasteiger partial charge in [0, 0.05) is 37.0 Å². The summed E-state index contributed by atoms with van der Waals surface area (Å²) in [6.07, 6.45) is 7.62. The molecule has 0 amide bonds. The average Bonchev–Trinajstić information content (AvgIpc) is 2.83. The van der Waals surface area contributed by atoms with Crippen molar-refractivity contribution in [2.24, 2.45) is 0 Å². The van der Waals surface area contributed by atoms with Gasteiger partial charge in [0.25, 0.3) is 0 Å². The van der Waals surface area contributed by atoms with E-state index < -0.39 is 23.9 Å². The molecule has 282 valence electrons. The summed E-state index contributed by atoms with van der Waals surface area (Å²) in [6.45, 7) is 20.6. The van der Waals surface area contributed by atoms with Crippen LogP contribution in [0.2, 0.25) is 0 Å². The maximum Gasteiger partial charge on any atom is 2.00 e. The van der Waals surface area contributed by atoms with E-state index >= 15 is 0 Å². The number of hydrogen-bond donors (Lipinski definition) is 4. The zero-order chi connectivity index (χ0) is 32.4. The molecule has 2 aliphatic heterocycles. The van der Waals surface area contributed by atoms with Crippen molar-refractivity contribution in [1.29, 1.82) is 0 Å². The predicted molar refractivity (Wildman–Crippen MR) is 165 cm³/mol. The number of nitrogens with one attached hydrogen (secondary N) is 4. The van der Waals surface area contributed by atoms with Gasteiger partial charge in [0.05, 0.1) is 0 Å². The summed E-state index contributed by atoms with van der Waals surface area (Å²) < 4.78 is 0. The molecule has 2 fully saturated rings. The van der Waals surface area contributed by atoms with Gasteiger partial charge < -0.3 is 81.6 Å². The molecule has 10 N–H and O–H groups in total. The molecule has 0 atom stereocenters. The third kappa shape index (κ3) is 73.8. The van der Waals surface area contributed by atoms with Gasteiger partial charge in [-0.3, -0.25) is 0 Å². The molecular formula is C28H62N6Ni2O10+2. The summed E-state index contributed by atoms with van der Waals surface area (Å²) in [7, 11) is 0. The molecule has 0 bridgehead atoms. The molecule has 0 aromatic rings. The fourth-order valence-electron chi connectivity index (χ4n) is 3.84. The Hall–Kier alpha value is -1.45. The number of carbonyl (C=O) groups is 4. The minimum atomic E-state index is -1.08. The third-order valence-electron chi connectivity index (χ3n) is 5.46. The van der Waals surface area contributed by atoms with Gasteiger partial charge in [-0.2, -0.15) is 0 Å². The summed E-state index contributed by atoms with van der Waals surface area (Å²) in [5, 5.41) is 49.9. The van der Waals surface area contributed by atoms with Crippen LogP contribution in [0.5, 0.6) is 0 Å². The van der Waals surface area contributed by atoms with Crippen molar-refractivity contribution >= 4 is 23.9 Å². The molecule has 2 rings (SSSR count). The van der Waals surface area contributed by atoms with E-state index in [0.717, 1.165) is 80.1 Å². The second kappa shape index (κ2) is 47.9. The molecule has 0 aromatic carbocycles. The zero-order valence-electron chi connectivity index (χ0n) is 28.1. The molecule has 2 heterocycles. The van der Waals surface area contributed by atoms with E-state index in [2.05, 4.69) is 31.1 Å². The first kappa shape index (κ1) is 59.9. The minimum Gasteiger partial charge on any atom is -0.550 e. The Kier molecular flexibility index (Phi) is 62.5. The summed E-state index contributed by atoms with van der Waals surface area (Å²) >= 11 is 0. The van der Waals surface area contributed by atoms with Gasteiger partial charge in [-0.25, -0.2) is 0 Å². The second-order valence-corrected chi connectivity index (χ2v) is 9.77. The zero-order valence-corrected chi connectivity index (χ0v) is 30.1. The number of carboxylic acids is 4. The van der Waals surface area contributed by atoms with Crippen molar-refractivity contribution in [2.75, 3.05) is 91.6 Å². The van der Waals surface area contributed by atoms with Crippen LogP contribution in [0.25, 0.3) is 0 Å². The first-order chi connectivity index (χ1) is 19.9. The van der Waals surface area contributed by atoms with Crippen molar-refractivity contribution < 1.29 is 83.5 Å². The Morgan fingerprint density at radius 2 is 0.587 bits per heavy atom. The van der Waals surface area contributed by atoms with Crippen LogP contribution in [0.3, 0.4) is 0 Å². The standard InChI is InChI=1S/C20H44N6.4C2H4O2.2Ni.2H2O/c1-7-21-11-3-15-25(16-4-12-22-8-1)19-20-26-17-5-13-23-9-2-10-24-14-6-18-26;4*1-2(3)4;;;;/h21-24H,1-20H2;4*1H3,(H,3,4);;;2*1H2/q;;;;;2*+2;;/p-2.